The molecule has 0 amide bonds. The second-order valence-electron chi connectivity index (χ2n) is 3.91. The third kappa shape index (κ3) is 1.85. The zero-order chi connectivity index (χ0) is 11.1. The standard InChI is InChI=1S/C9H14O6/c1-9(2)14-5-6(15-9)8(12-4-10)13-7(5)11-3/h4-8H,1-3H3/t5-,6+,7-,8+/m1/s1. The molecule has 0 radical (unpaired) electrons. The molecule has 2 aliphatic heterocycles. The summed E-state index contributed by atoms with van der Waals surface area (Å²) < 4.78 is 26.3. The van der Waals surface area contributed by atoms with E-state index in [1.807, 2.05) is 0 Å². The van der Waals surface area contributed by atoms with Crippen LogP contribution in [0.2, 0.25) is 0 Å². The van der Waals surface area contributed by atoms with Gasteiger partial charge in [-0.15, -0.1) is 0 Å². The lowest BCUT2D eigenvalue weighted by Crippen LogP contribution is -2.31. The van der Waals surface area contributed by atoms with Gasteiger partial charge in [0, 0.05) is 7.11 Å². The van der Waals surface area contributed by atoms with E-state index < -0.39 is 24.5 Å². The van der Waals surface area contributed by atoms with Crippen LogP contribution in [0.1, 0.15) is 13.8 Å². The Kier molecular flexibility index (Phi) is 2.68. The minimum atomic E-state index is -0.765. The van der Waals surface area contributed by atoms with Gasteiger partial charge >= 0.3 is 0 Å². The summed E-state index contributed by atoms with van der Waals surface area (Å²) in [5.41, 5.74) is 0. The fourth-order valence-electron chi connectivity index (χ4n) is 1.88. The van der Waals surface area contributed by atoms with E-state index in [4.69, 9.17) is 23.7 Å². The highest BCUT2D eigenvalue weighted by molar-refractivity contribution is 5.37. The van der Waals surface area contributed by atoms with Crippen LogP contribution in [0.5, 0.6) is 0 Å². The van der Waals surface area contributed by atoms with Gasteiger partial charge in [0.05, 0.1) is 0 Å². The second-order valence-corrected chi connectivity index (χ2v) is 3.91. The highest BCUT2D eigenvalue weighted by atomic mass is 16.8. The fourth-order valence-corrected chi connectivity index (χ4v) is 1.88. The number of carbonyl (C=O) groups is 1. The summed E-state index contributed by atoms with van der Waals surface area (Å²) in [7, 11) is 1.50. The Morgan fingerprint density at radius 1 is 1.20 bits per heavy atom. The molecular weight excluding hydrogens is 204 g/mol. The predicted molar refractivity (Wildman–Crippen MR) is 46.6 cm³/mol. The maximum atomic E-state index is 10.3. The van der Waals surface area contributed by atoms with Gasteiger partial charge in [-0.25, -0.2) is 0 Å². The molecule has 0 N–H and O–H groups in total. The van der Waals surface area contributed by atoms with Gasteiger partial charge in [0.25, 0.3) is 6.47 Å². The van der Waals surface area contributed by atoms with Crippen LogP contribution in [0.3, 0.4) is 0 Å². The van der Waals surface area contributed by atoms with E-state index in [9.17, 15) is 4.79 Å². The molecule has 0 aliphatic carbocycles. The van der Waals surface area contributed by atoms with Gasteiger partial charge in [-0.3, -0.25) is 4.79 Å². The summed E-state index contributed by atoms with van der Waals surface area (Å²) in [5, 5.41) is 0. The number of carbonyl (C=O) groups excluding carboxylic acids is 1. The third-order valence-corrected chi connectivity index (χ3v) is 2.39. The largest absolute Gasteiger partial charge is 0.435 e. The molecule has 15 heavy (non-hydrogen) atoms. The van der Waals surface area contributed by atoms with E-state index in [0.29, 0.717) is 6.47 Å². The Morgan fingerprint density at radius 3 is 2.33 bits per heavy atom. The number of rotatable bonds is 3. The Morgan fingerprint density at radius 2 is 1.80 bits per heavy atom. The summed E-state index contributed by atoms with van der Waals surface area (Å²) in [6.45, 7) is 3.90. The van der Waals surface area contributed by atoms with Gasteiger partial charge in [-0.1, -0.05) is 0 Å². The zero-order valence-corrected chi connectivity index (χ0v) is 8.84. The van der Waals surface area contributed by atoms with Crippen LogP contribution >= 0.6 is 0 Å². The topological polar surface area (TPSA) is 63.2 Å². The summed E-state index contributed by atoms with van der Waals surface area (Å²) in [4.78, 5) is 10.3. The molecule has 0 bridgehead atoms. The summed E-state index contributed by atoms with van der Waals surface area (Å²) in [5.74, 6) is -0.708. The summed E-state index contributed by atoms with van der Waals surface area (Å²) >= 11 is 0. The second kappa shape index (κ2) is 3.71. The van der Waals surface area contributed by atoms with Gasteiger partial charge in [0.2, 0.25) is 6.29 Å². The van der Waals surface area contributed by atoms with Crippen LogP contribution in [-0.2, 0) is 28.5 Å². The van der Waals surface area contributed by atoms with Crippen LogP contribution in [0.25, 0.3) is 0 Å². The molecule has 0 saturated carbocycles. The minimum Gasteiger partial charge on any atom is -0.435 e. The molecule has 2 heterocycles. The van der Waals surface area contributed by atoms with E-state index in [1.54, 1.807) is 13.8 Å². The molecule has 6 nitrogen and oxygen atoms in total. The molecule has 2 aliphatic rings. The van der Waals surface area contributed by atoms with Crippen molar-refractivity contribution in [3.63, 3.8) is 0 Å². The first-order chi connectivity index (χ1) is 7.07. The maximum absolute atomic E-state index is 10.3. The Balaban J connectivity index is 2.11. The number of hydrogen-bond acceptors (Lipinski definition) is 6. The third-order valence-electron chi connectivity index (χ3n) is 2.39. The van der Waals surface area contributed by atoms with Crippen molar-refractivity contribution >= 4 is 6.47 Å². The van der Waals surface area contributed by atoms with Crippen molar-refractivity contribution in [2.75, 3.05) is 7.11 Å². The molecule has 0 aromatic carbocycles. The van der Waals surface area contributed by atoms with Crippen molar-refractivity contribution in [1.29, 1.82) is 0 Å². The minimum absolute atomic E-state index is 0.328. The van der Waals surface area contributed by atoms with E-state index in [2.05, 4.69) is 0 Å². The van der Waals surface area contributed by atoms with Gasteiger partial charge in [0.15, 0.2) is 18.2 Å². The molecule has 0 spiro atoms. The van der Waals surface area contributed by atoms with Crippen molar-refractivity contribution in [3.05, 3.63) is 0 Å². The average Bonchev–Trinajstić information content (AvgIpc) is 2.61. The van der Waals surface area contributed by atoms with Crippen LogP contribution in [0, 0.1) is 0 Å². The lowest BCUT2D eigenvalue weighted by Gasteiger charge is -2.22. The Labute approximate surface area is 87.4 Å². The van der Waals surface area contributed by atoms with E-state index in [-0.39, 0.29) is 6.10 Å². The van der Waals surface area contributed by atoms with Gasteiger partial charge < -0.3 is 23.7 Å². The normalized spacial score (nSPS) is 42.6. The molecule has 86 valence electrons. The first-order valence-corrected chi connectivity index (χ1v) is 4.70. The molecular formula is C9H14O6. The van der Waals surface area contributed by atoms with Crippen molar-refractivity contribution in [3.8, 4) is 0 Å². The van der Waals surface area contributed by atoms with Crippen molar-refractivity contribution < 1.29 is 28.5 Å². The van der Waals surface area contributed by atoms with Crippen LogP contribution in [0.4, 0.5) is 0 Å². The first-order valence-electron chi connectivity index (χ1n) is 4.70. The highest BCUT2D eigenvalue weighted by Gasteiger charge is 2.56. The molecule has 2 saturated heterocycles. The Hall–Kier alpha value is -0.690. The van der Waals surface area contributed by atoms with E-state index in [0.717, 1.165) is 0 Å². The molecule has 0 aromatic rings. The van der Waals surface area contributed by atoms with Crippen molar-refractivity contribution in [2.24, 2.45) is 0 Å². The lowest BCUT2D eigenvalue weighted by molar-refractivity contribution is -0.262. The molecule has 4 atom stereocenters. The maximum Gasteiger partial charge on any atom is 0.295 e. The number of methoxy groups -OCH3 is 1. The molecule has 2 fully saturated rings. The molecule has 6 heteroatoms. The molecule has 2 rings (SSSR count). The number of ether oxygens (including phenoxy) is 5. The van der Waals surface area contributed by atoms with Crippen molar-refractivity contribution in [1.82, 2.24) is 0 Å². The van der Waals surface area contributed by atoms with Crippen LogP contribution in [0.15, 0.2) is 0 Å². The summed E-state index contributed by atoms with van der Waals surface area (Å²) in [6, 6.07) is 0. The van der Waals surface area contributed by atoms with Gasteiger partial charge in [0.1, 0.15) is 6.10 Å². The number of fused-ring (bicyclic) bond motifs is 1. The zero-order valence-electron chi connectivity index (χ0n) is 8.84. The van der Waals surface area contributed by atoms with E-state index >= 15 is 0 Å². The fraction of sp³-hybridized carbons (Fsp3) is 0.889. The monoisotopic (exact) mass is 218 g/mol. The predicted octanol–water partition coefficient (Wildman–Crippen LogP) is 0.00830. The SMILES string of the molecule is CO[C@@H]1O[C@H](OC=O)[C@H]2OC(C)(C)O[C@@H]12. The van der Waals surface area contributed by atoms with Gasteiger partial charge in [-0.2, -0.15) is 0 Å². The quantitative estimate of drug-likeness (QED) is 0.622. The van der Waals surface area contributed by atoms with Crippen LogP contribution < -0.4 is 0 Å². The van der Waals surface area contributed by atoms with Gasteiger partial charge in [-0.05, 0) is 13.8 Å². The lowest BCUT2D eigenvalue weighted by atomic mass is 10.2. The molecule has 0 aromatic heterocycles. The molecule has 0 unspecified atom stereocenters. The van der Waals surface area contributed by atoms with Crippen LogP contribution in [-0.4, -0.2) is 44.2 Å². The first kappa shape index (κ1) is 10.8. The highest BCUT2D eigenvalue weighted by Crippen LogP contribution is 2.38. The van der Waals surface area contributed by atoms with E-state index in [1.165, 1.54) is 7.11 Å². The van der Waals surface area contributed by atoms with Crippen molar-refractivity contribution in [2.45, 2.75) is 44.4 Å². The number of hydrogen-bond donors (Lipinski definition) is 0. The smallest absolute Gasteiger partial charge is 0.295 e. The Bertz CT molecular complexity index is 253. The average molecular weight is 218 g/mol. The summed E-state index contributed by atoms with van der Waals surface area (Å²) in [6.07, 6.45) is -2.13.